The van der Waals surface area contributed by atoms with Crippen LogP contribution in [0.4, 0.5) is 0 Å². The molecule has 0 aliphatic carbocycles. The predicted octanol–water partition coefficient (Wildman–Crippen LogP) is 7.00. The first-order valence-electron chi connectivity index (χ1n) is 13.8. The van der Waals surface area contributed by atoms with Crippen LogP contribution < -0.4 is 0 Å². The third-order valence-electron chi connectivity index (χ3n) is 5.88. The molecule has 0 heterocycles. The summed E-state index contributed by atoms with van der Waals surface area (Å²) < 4.78 is 25.9. The molecule has 0 fully saturated rings. The smallest absolute Gasteiger partial charge is 0.462 e. The zero-order valence-electron chi connectivity index (χ0n) is 22.2. The number of phosphoric ester groups is 1. The minimum absolute atomic E-state index is 0.216. The van der Waals surface area contributed by atoms with Gasteiger partial charge in [0.2, 0.25) is 0 Å². The molecular formula is C26H51O8P. The van der Waals surface area contributed by atoms with E-state index >= 15 is 0 Å². The summed E-state index contributed by atoms with van der Waals surface area (Å²) in [5, 5.41) is 0. The van der Waals surface area contributed by atoms with Crippen LogP contribution in [0.15, 0.2) is 0 Å². The van der Waals surface area contributed by atoms with Crippen molar-refractivity contribution in [3.8, 4) is 0 Å². The molecule has 0 aliphatic rings. The second kappa shape index (κ2) is 23.4. The highest BCUT2D eigenvalue weighted by molar-refractivity contribution is 7.46. The Hall–Kier alpha value is -0.950. The number of esters is 2. The Bertz CT molecular complexity index is 564. The summed E-state index contributed by atoms with van der Waals surface area (Å²) in [6, 6.07) is 0. The van der Waals surface area contributed by atoms with Gasteiger partial charge in [0.1, 0.15) is 6.61 Å². The minimum Gasteiger partial charge on any atom is -0.462 e. The van der Waals surface area contributed by atoms with E-state index in [-0.39, 0.29) is 19.4 Å². The molecule has 0 spiro atoms. The number of hydrogen-bond donors (Lipinski definition) is 2. The monoisotopic (exact) mass is 522 g/mol. The summed E-state index contributed by atoms with van der Waals surface area (Å²) in [6.07, 6.45) is 18.5. The van der Waals surface area contributed by atoms with E-state index in [9.17, 15) is 14.2 Å². The highest BCUT2D eigenvalue weighted by Gasteiger charge is 2.22. The van der Waals surface area contributed by atoms with Gasteiger partial charge in [-0.3, -0.25) is 14.1 Å². The standard InChI is InChI=1S/C26H51O8P/c1-3-5-7-9-11-13-15-16-18-20-25(27)32-22-24(23-33-35(29,30)31)34-26(28)21-19-17-14-12-10-8-6-4-2/h24H,3-23H2,1-2H3,(H2,29,30,31)/t24-/m1/s1. The molecule has 0 aliphatic heterocycles. The van der Waals surface area contributed by atoms with Gasteiger partial charge in [0, 0.05) is 12.8 Å². The number of hydrogen-bond acceptors (Lipinski definition) is 6. The van der Waals surface area contributed by atoms with Crippen LogP contribution in [0.3, 0.4) is 0 Å². The molecular weight excluding hydrogens is 471 g/mol. The van der Waals surface area contributed by atoms with Crippen LogP contribution in [-0.4, -0.2) is 41.0 Å². The van der Waals surface area contributed by atoms with E-state index in [0.717, 1.165) is 38.5 Å². The van der Waals surface area contributed by atoms with E-state index in [4.69, 9.17) is 19.3 Å². The maximum Gasteiger partial charge on any atom is 0.469 e. The van der Waals surface area contributed by atoms with E-state index in [1.807, 2.05) is 0 Å². The van der Waals surface area contributed by atoms with Crippen LogP contribution in [0.25, 0.3) is 0 Å². The Balaban J connectivity index is 4.10. The number of ether oxygens (including phenoxy) is 2. The van der Waals surface area contributed by atoms with Gasteiger partial charge in [0.25, 0.3) is 0 Å². The van der Waals surface area contributed by atoms with Crippen LogP contribution in [0.1, 0.15) is 136 Å². The third-order valence-corrected chi connectivity index (χ3v) is 6.36. The van der Waals surface area contributed by atoms with Gasteiger partial charge >= 0.3 is 19.8 Å². The topological polar surface area (TPSA) is 119 Å². The number of carbonyl (C=O) groups is 2. The van der Waals surface area contributed by atoms with Crippen molar-refractivity contribution >= 4 is 19.8 Å². The molecule has 0 amide bonds. The number of rotatable bonds is 25. The lowest BCUT2D eigenvalue weighted by molar-refractivity contribution is -0.161. The van der Waals surface area contributed by atoms with Gasteiger partial charge in [-0.1, -0.05) is 110 Å². The van der Waals surface area contributed by atoms with Gasteiger partial charge in [-0.05, 0) is 12.8 Å². The normalized spacial score (nSPS) is 12.5. The molecule has 8 nitrogen and oxygen atoms in total. The molecule has 0 saturated heterocycles. The van der Waals surface area contributed by atoms with E-state index in [2.05, 4.69) is 18.4 Å². The molecule has 0 aromatic rings. The van der Waals surface area contributed by atoms with Crippen LogP contribution in [0.2, 0.25) is 0 Å². The maximum absolute atomic E-state index is 12.1. The number of phosphoric acid groups is 1. The van der Waals surface area contributed by atoms with Crippen molar-refractivity contribution in [2.45, 2.75) is 142 Å². The minimum atomic E-state index is -4.72. The zero-order chi connectivity index (χ0) is 26.2. The molecule has 0 rings (SSSR count). The molecule has 0 radical (unpaired) electrons. The Labute approximate surface area is 213 Å². The summed E-state index contributed by atoms with van der Waals surface area (Å²) in [4.78, 5) is 42.1. The molecule has 0 saturated carbocycles. The summed E-state index contributed by atoms with van der Waals surface area (Å²) >= 11 is 0. The quantitative estimate of drug-likeness (QED) is 0.0747. The first-order valence-corrected chi connectivity index (χ1v) is 15.4. The summed E-state index contributed by atoms with van der Waals surface area (Å²) in [6.45, 7) is 3.58. The average Bonchev–Trinajstić information content (AvgIpc) is 2.81. The van der Waals surface area contributed by atoms with Gasteiger partial charge in [-0.15, -0.1) is 0 Å². The molecule has 0 aromatic heterocycles. The Morgan fingerprint density at radius 3 is 1.46 bits per heavy atom. The molecule has 9 heteroatoms. The molecule has 0 aromatic carbocycles. The highest BCUT2D eigenvalue weighted by Crippen LogP contribution is 2.35. The van der Waals surface area contributed by atoms with Gasteiger partial charge < -0.3 is 19.3 Å². The van der Waals surface area contributed by atoms with E-state index in [1.54, 1.807) is 0 Å². The largest absolute Gasteiger partial charge is 0.469 e. The van der Waals surface area contributed by atoms with Gasteiger partial charge in [-0.25, -0.2) is 4.57 Å². The highest BCUT2D eigenvalue weighted by atomic mass is 31.2. The van der Waals surface area contributed by atoms with Crippen LogP contribution >= 0.6 is 7.82 Å². The Morgan fingerprint density at radius 2 is 1.03 bits per heavy atom. The Kier molecular flexibility index (Phi) is 22.8. The van der Waals surface area contributed by atoms with Crippen molar-refractivity contribution in [3.05, 3.63) is 0 Å². The lowest BCUT2D eigenvalue weighted by Gasteiger charge is -2.18. The fraction of sp³-hybridized carbons (Fsp3) is 0.923. The van der Waals surface area contributed by atoms with E-state index in [0.29, 0.717) is 6.42 Å². The fourth-order valence-electron chi connectivity index (χ4n) is 3.78. The van der Waals surface area contributed by atoms with E-state index < -0.39 is 32.5 Å². The lowest BCUT2D eigenvalue weighted by atomic mass is 10.1. The van der Waals surface area contributed by atoms with Crippen molar-refractivity contribution in [2.75, 3.05) is 13.2 Å². The predicted molar refractivity (Wildman–Crippen MR) is 138 cm³/mol. The van der Waals surface area contributed by atoms with Gasteiger partial charge in [-0.2, -0.15) is 0 Å². The molecule has 2 N–H and O–H groups in total. The van der Waals surface area contributed by atoms with Gasteiger partial charge in [0.05, 0.1) is 6.61 Å². The molecule has 0 bridgehead atoms. The van der Waals surface area contributed by atoms with Gasteiger partial charge in [0.15, 0.2) is 6.10 Å². The molecule has 0 unspecified atom stereocenters. The summed E-state index contributed by atoms with van der Waals surface area (Å²) in [7, 11) is -4.72. The molecule has 35 heavy (non-hydrogen) atoms. The number of carbonyl (C=O) groups excluding carboxylic acids is 2. The number of unbranched alkanes of at least 4 members (excludes halogenated alkanes) is 15. The summed E-state index contributed by atoms with van der Waals surface area (Å²) in [5.74, 6) is -0.890. The van der Waals surface area contributed by atoms with Crippen molar-refractivity contribution < 1.29 is 37.9 Å². The zero-order valence-corrected chi connectivity index (χ0v) is 23.1. The lowest BCUT2D eigenvalue weighted by Crippen LogP contribution is -2.29. The van der Waals surface area contributed by atoms with Crippen molar-refractivity contribution in [1.29, 1.82) is 0 Å². The summed E-state index contributed by atoms with van der Waals surface area (Å²) in [5.41, 5.74) is 0. The van der Waals surface area contributed by atoms with E-state index in [1.165, 1.54) is 64.2 Å². The Morgan fingerprint density at radius 1 is 0.629 bits per heavy atom. The van der Waals surface area contributed by atoms with Crippen molar-refractivity contribution in [3.63, 3.8) is 0 Å². The van der Waals surface area contributed by atoms with Crippen molar-refractivity contribution in [2.24, 2.45) is 0 Å². The SMILES string of the molecule is CCCCCCCCCCCC(=O)OC[C@H](COP(=O)(O)O)OC(=O)CCCCCCCCCC. The maximum atomic E-state index is 12.1. The van der Waals surface area contributed by atoms with Crippen LogP contribution in [0.5, 0.6) is 0 Å². The molecule has 208 valence electrons. The second-order valence-electron chi connectivity index (χ2n) is 9.38. The molecule has 1 atom stereocenters. The van der Waals surface area contributed by atoms with Crippen molar-refractivity contribution in [1.82, 2.24) is 0 Å². The van der Waals surface area contributed by atoms with Crippen LogP contribution in [-0.2, 0) is 28.2 Å². The second-order valence-corrected chi connectivity index (χ2v) is 10.6. The third kappa shape index (κ3) is 25.9. The van der Waals surface area contributed by atoms with Crippen LogP contribution in [0, 0.1) is 0 Å². The fourth-order valence-corrected chi connectivity index (χ4v) is 4.14. The average molecular weight is 523 g/mol. The first kappa shape index (κ1) is 34.0. The first-order chi connectivity index (χ1) is 16.8.